The number of hydrogen-bond acceptors (Lipinski definition) is 2. The molecule has 0 saturated heterocycles. The van der Waals surface area contributed by atoms with E-state index in [-0.39, 0.29) is 23.1 Å². The highest BCUT2D eigenvalue weighted by atomic mass is 24.3. The van der Waals surface area contributed by atoms with Crippen molar-refractivity contribution in [3.05, 3.63) is 0 Å². The van der Waals surface area contributed by atoms with Crippen molar-refractivity contribution in [1.29, 1.82) is 0 Å². The van der Waals surface area contributed by atoms with Crippen LogP contribution in [0.1, 0.15) is 6.92 Å². The summed E-state index contributed by atoms with van der Waals surface area (Å²) >= 11 is 0. The van der Waals surface area contributed by atoms with Gasteiger partial charge in [-0.2, -0.15) is 0 Å². The molecule has 0 bridgehead atoms. The van der Waals surface area contributed by atoms with Gasteiger partial charge in [-0.05, 0) is 0 Å². The monoisotopic (exact) mass is 118 g/mol. The van der Waals surface area contributed by atoms with Crippen molar-refractivity contribution in [3.8, 4) is 0 Å². The summed E-state index contributed by atoms with van der Waals surface area (Å²) in [5, 5.41) is 14.4. The van der Waals surface area contributed by atoms with Crippen LogP contribution in [0.5, 0.6) is 0 Å². The van der Waals surface area contributed by atoms with Gasteiger partial charge in [-0.25, -0.2) is 0 Å². The van der Waals surface area contributed by atoms with Crippen LogP contribution in [-0.2, 0) is 4.79 Å². The zero-order valence-corrected chi connectivity index (χ0v) is 3.80. The van der Waals surface area contributed by atoms with Gasteiger partial charge in [0.15, 0.2) is 0 Å². The maximum Gasteiger partial charge on any atom is 0.316 e. The first-order chi connectivity index (χ1) is 2.73. The Bertz CT molecular complexity index is 33.2. The van der Waals surface area contributed by atoms with Crippen LogP contribution in [0.15, 0.2) is 0 Å². The molecule has 0 aromatic heterocycles. The number of aliphatic hydroxyl groups excluding tert-OH is 1. The van der Waals surface area contributed by atoms with E-state index in [2.05, 4.69) is 0 Å². The van der Waals surface area contributed by atoms with Crippen molar-refractivity contribution in [2.75, 3.05) is 7.11 Å². The Balaban J connectivity index is -0.0000000480. The van der Waals surface area contributed by atoms with Gasteiger partial charge in [0, 0.05) is 14.0 Å². The third-order valence-corrected chi connectivity index (χ3v) is 0. The zero-order valence-electron chi connectivity index (χ0n) is 3.80. The Kier molecular flexibility index (Phi) is 36.7. The lowest BCUT2D eigenvalue weighted by Gasteiger charge is -1.59. The normalized spacial score (nSPS) is 4.43. The molecule has 0 spiro atoms. The fraction of sp³-hybridized carbons (Fsp3) is 0.667. The van der Waals surface area contributed by atoms with Crippen LogP contribution >= 0.6 is 0 Å². The predicted molar refractivity (Wildman–Crippen MR) is 30.0 cm³/mol. The third-order valence-electron chi connectivity index (χ3n) is 0. The lowest BCUT2D eigenvalue weighted by molar-refractivity contribution is -0.134. The number of aliphatic carboxylic acids is 1. The molecule has 0 aliphatic heterocycles. The maximum atomic E-state index is 9.00. The number of hydrogen-bond donors (Lipinski definition) is 2. The summed E-state index contributed by atoms with van der Waals surface area (Å²) in [5.41, 5.74) is 0. The summed E-state index contributed by atoms with van der Waals surface area (Å²) in [5.74, 6) is -0.833. The maximum absolute atomic E-state index is 9.00. The number of carboxylic acid groups (broad SMARTS) is 1. The Morgan fingerprint density at radius 2 is 1.43 bits per heavy atom. The molecule has 0 aromatic rings. The molecule has 42 valence electrons. The summed E-state index contributed by atoms with van der Waals surface area (Å²) in [4.78, 5) is 9.00. The first kappa shape index (κ1) is 15.7. The summed E-state index contributed by atoms with van der Waals surface area (Å²) in [7, 11) is 1.00. The second-order valence-electron chi connectivity index (χ2n) is 0.519. The molecule has 0 atom stereocenters. The topological polar surface area (TPSA) is 57.5 Å². The largest absolute Gasteiger partial charge is 0.481 e. The van der Waals surface area contributed by atoms with Gasteiger partial charge in [-0.1, -0.05) is 0 Å². The van der Waals surface area contributed by atoms with Crippen LogP contribution in [0.2, 0.25) is 0 Å². The molecule has 0 rings (SSSR count). The van der Waals surface area contributed by atoms with E-state index in [1.807, 2.05) is 0 Å². The molecule has 2 N–H and O–H groups in total. The summed E-state index contributed by atoms with van der Waals surface area (Å²) in [6.07, 6.45) is 0. The molecule has 0 heterocycles. The molecule has 4 heteroatoms. The van der Waals surface area contributed by atoms with Crippen molar-refractivity contribution in [2.24, 2.45) is 0 Å². The van der Waals surface area contributed by atoms with E-state index in [1.165, 1.54) is 0 Å². The molecule has 0 aromatic carbocycles. The quantitative estimate of drug-likeness (QED) is 0.392. The number of aliphatic hydroxyl groups is 1. The van der Waals surface area contributed by atoms with E-state index in [9.17, 15) is 0 Å². The fourth-order valence-electron chi connectivity index (χ4n) is 0. The van der Waals surface area contributed by atoms with Crippen LogP contribution in [0, 0.1) is 0 Å². The standard InChI is InChI=1S/C2H4O2.CH4O.Mg.2H/c1-2(3)4;1-2;;;/h1H3,(H,3,4);2H,1H3;;;. The summed E-state index contributed by atoms with van der Waals surface area (Å²) in [6.45, 7) is 1.08. The summed E-state index contributed by atoms with van der Waals surface area (Å²) in [6, 6.07) is 0. The molecule has 0 fully saturated rings. The average molecular weight is 118 g/mol. The second-order valence-corrected chi connectivity index (χ2v) is 0.519. The third kappa shape index (κ3) is 2830. The van der Waals surface area contributed by atoms with Gasteiger partial charge in [0.1, 0.15) is 0 Å². The lowest BCUT2D eigenvalue weighted by Crippen LogP contribution is -1.78. The molecule has 0 amide bonds. The SMILES string of the molecule is CC(=O)O.CO.[MgH2]. The van der Waals surface area contributed by atoms with Crippen LogP contribution in [0.25, 0.3) is 0 Å². The Morgan fingerprint density at radius 1 is 1.43 bits per heavy atom. The average Bonchev–Trinajstić information content (AvgIpc) is 1.41. The Labute approximate surface area is 58.5 Å². The highest BCUT2D eigenvalue weighted by Crippen LogP contribution is 1.42. The second kappa shape index (κ2) is 16.4. The van der Waals surface area contributed by atoms with Gasteiger partial charge in [0.25, 0.3) is 5.97 Å². The van der Waals surface area contributed by atoms with Crippen LogP contribution in [0.3, 0.4) is 0 Å². The van der Waals surface area contributed by atoms with Gasteiger partial charge in [0.2, 0.25) is 0 Å². The van der Waals surface area contributed by atoms with Crippen molar-refractivity contribution in [2.45, 2.75) is 6.92 Å². The fourth-order valence-corrected chi connectivity index (χ4v) is 0. The first-order valence-electron chi connectivity index (χ1n) is 1.37. The van der Waals surface area contributed by atoms with Crippen LogP contribution < -0.4 is 0 Å². The highest BCUT2D eigenvalue weighted by molar-refractivity contribution is 5.75. The van der Waals surface area contributed by atoms with E-state index in [0.717, 1.165) is 14.0 Å². The molecule has 7 heavy (non-hydrogen) atoms. The molecule has 0 radical (unpaired) electrons. The smallest absolute Gasteiger partial charge is 0.316 e. The lowest BCUT2D eigenvalue weighted by atomic mass is 10.9. The van der Waals surface area contributed by atoms with Gasteiger partial charge < -0.3 is 10.2 Å². The molecular weight excluding hydrogens is 108 g/mol. The minimum absolute atomic E-state index is 0. The van der Waals surface area contributed by atoms with E-state index >= 15 is 0 Å². The highest BCUT2D eigenvalue weighted by Gasteiger charge is 1.65. The number of carbonyl (C=O) groups is 1. The van der Waals surface area contributed by atoms with E-state index < -0.39 is 5.97 Å². The van der Waals surface area contributed by atoms with Crippen LogP contribution in [0.4, 0.5) is 0 Å². The molecule has 3 nitrogen and oxygen atoms in total. The molecule has 0 saturated carbocycles. The zero-order chi connectivity index (χ0) is 5.58. The Morgan fingerprint density at radius 3 is 1.43 bits per heavy atom. The number of rotatable bonds is 0. The van der Waals surface area contributed by atoms with Gasteiger partial charge in [-0.3, -0.25) is 4.79 Å². The van der Waals surface area contributed by atoms with Crippen molar-refractivity contribution >= 4 is 29.0 Å². The molecule has 0 aliphatic rings. The van der Waals surface area contributed by atoms with E-state index in [1.54, 1.807) is 0 Å². The number of carboxylic acids is 1. The van der Waals surface area contributed by atoms with Gasteiger partial charge in [-0.15, -0.1) is 0 Å². The van der Waals surface area contributed by atoms with Crippen molar-refractivity contribution < 1.29 is 15.0 Å². The van der Waals surface area contributed by atoms with Gasteiger partial charge in [0.05, 0.1) is 0 Å². The molecular formula is C3H10MgO3. The van der Waals surface area contributed by atoms with Crippen molar-refractivity contribution in [3.63, 3.8) is 0 Å². The predicted octanol–water partition coefficient (Wildman–Crippen LogP) is -1.22. The Hall–Kier alpha value is 0.196. The minimum Gasteiger partial charge on any atom is -0.481 e. The van der Waals surface area contributed by atoms with Gasteiger partial charge >= 0.3 is 23.1 Å². The minimum atomic E-state index is -0.833. The summed E-state index contributed by atoms with van der Waals surface area (Å²) < 4.78 is 0. The van der Waals surface area contributed by atoms with Crippen LogP contribution in [-0.4, -0.2) is 46.3 Å². The molecule has 0 aliphatic carbocycles. The van der Waals surface area contributed by atoms with E-state index in [4.69, 9.17) is 15.0 Å². The molecule has 0 unspecified atom stereocenters. The van der Waals surface area contributed by atoms with Crippen molar-refractivity contribution in [1.82, 2.24) is 0 Å². The van der Waals surface area contributed by atoms with E-state index in [0.29, 0.717) is 0 Å². The first-order valence-corrected chi connectivity index (χ1v) is 1.37.